The normalized spacial score (nSPS) is 41.8. The number of alkyl halides is 3. The molecule has 0 aromatic rings. The van der Waals surface area contributed by atoms with Crippen LogP contribution >= 0.6 is 67.8 Å². The minimum Gasteiger partial charge on any atom is -0.394 e. The third-order valence-electron chi connectivity index (χ3n) is 9.91. The maximum atomic E-state index is 13.4. The van der Waals surface area contributed by atoms with Crippen LogP contribution in [0, 0.1) is 29.6 Å². The van der Waals surface area contributed by atoms with Crippen molar-refractivity contribution in [1.82, 2.24) is 15.1 Å². The highest BCUT2D eigenvalue weighted by Gasteiger charge is 2.52. The Balaban J connectivity index is 1.75. The molecule has 1 heterocycles. The first-order valence-electron chi connectivity index (χ1n) is 15.9. The number of nitrogens with two attached hydrogens (primary N) is 1. The van der Waals surface area contributed by atoms with E-state index < -0.39 is 67.3 Å². The van der Waals surface area contributed by atoms with Crippen molar-refractivity contribution in [3.8, 4) is 0 Å². The lowest BCUT2D eigenvalue weighted by Crippen LogP contribution is -2.65. The van der Waals surface area contributed by atoms with Gasteiger partial charge in [-0.25, -0.2) is 0 Å². The van der Waals surface area contributed by atoms with Gasteiger partial charge >= 0.3 is 0 Å². The zero-order valence-corrected chi connectivity index (χ0v) is 32.8. The second-order valence-corrected chi connectivity index (χ2v) is 17.8. The zero-order valence-electron chi connectivity index (χ0n) is 26.3. The fraction of sp³-hybridized carbons (Fsp3) is 0.966. The average Bonchev–Trinajstić information content (AvgIpc) is 3.01. The van der Waals surface area contributed by atoms with Crippen molar-refractivity contribution < 1.29 is 50.4 Å². The minimum atomic E-state index is -1.60. The molecule has 0 aromatic carbocycles. The molecule has 1 aliphatic heterocycles. The molecular weight excluding hydrogens is 945 g/mol. The van der Waals surface area contributed by atoms with E-state index in [-0.39, 0.29) is 48.7 Å². The number of amides is 1. The summed E-state index contributed by atoms with van der Waals surface area (Å²) in [5.74, 6) is -0.0205. The molecule has 0 aromatic heterocycles. The molecule has 0 spiro atoms. The van der Waals surface area contributed by atoms with Crippen molar-refractivity contribution in [3.05, 3.63) is 0 Å². The second-order valence-electron chi connectivity index (χ2n) is 13.5. The van der Waals surface area contributed by atoms with Crippen molar-refractivity contribution in [2.24, 2.45) is 35.3 Å². The van der Waals surface area contributed by atoms with Crippen LogP contribution in [0.3, 0.4) is 0 Å². The summed E-state index contributed by atoms with van der Waals surface area (Å²) < 4.78 is 5.98. The molecule has 1 saturated heterocycles. The largest absolute Gasteiger partial charge is 0.394 e. The molecule has 270 valence electrons. The molecule has 17 heteroatoms. The van der Waals surface area contributed by atoms with Gasteiger partial charge in [-0.15, -0.1) is 0 Å². The molecule has 11 N–H and O–H groups in total. The number of halogens is 3. The molecule has 1 amide bonds. The quantitative estimate of drug-likeness (QED) is 0.0642. The van der Waals surface area contributed by atoms with Gasteiger partial charge in [0, 0.05) is 44.0 Å². The van der Waals surface area contributed by atoms with E-state index in [1.54, 1.807) is 0 Å². The predicted octanol–water partition coefficient (Wildman–Crippen LogP) is -2.51. The first kappa shape index (κ1) is 41.6. The van der Waals surface area contributed by atoms with Gasteiger partial charge < -0.3 is 66.4 Å². The van der Waals surface area contributed by atoms with Crippen molar-refractivity contribution in [3.63, 3.8) is 0 Å². The number of hydrogen-bond acceptors (Lipinski definition) is 13. The van der Waals surface area contributed by atoms with Crippen LogP contribution in [0.4, 0.5) is 0 Å². The number of nitrogens with one attached hydrogen (secondary N) is 1. The molecule has 14 atom stereocenters. The van der Waals surface area contributed by atoms with Crippen LogP contribution in [0.1, 0.15) is 19.3 Å². The highest BCUT2D eigenvalue weighted by atomic mass is 127. The SMILES string of the molecule is CN(CC(O)CO)CC1C(I)C(CN(C)CC(O)CO)C(I)C(C2CCC(C(=O)NC3C(O)OC(CO)C(O)C3O)C(N)C2)C1I. The van der Waals surface area contributed by atoms with E-state index in [2.05, 4.69) is 82.9 Å². The van der Waals surface area contributed by atoms with Gasteiger partial charge in [0.25, 0.3) is 0 Å². The topological polar surface area (TPSA) is 233 Å². The van der Waals surface area contributed by atoms with E-state index in [1.807, 2.05) is 14.1 Å². The Morgan fingerprint density at radius 1 is 0.891 bits per heavy atom. The highest BCUT2D eigenvalue weighted by Crippen LogP contribution is 2.52. The number of likely N-dealkylation sites (N-methyl/N-ethyl adjacent to an activating group) is 2. The Kier molecular flexibility index (Phi) is 17.3. The zero-order chi connectivity index (χ0) is 34.5. The van der Waals surface area contributed by atoms with E-state index in [9.17, 15) is 45.6 Å². The standard InChI is InChI=1S/C29H53I3N4O10/c1-35(6-14(40)10-37)8-17-22(30)18(9-36(2)7-15(41)11-38)24(32)21(23(17)31)13-3-4-16(19(33)5-13)28(44)34-25-27(43)26(42)20(12-39)46-29(25)45/h13-27,29,37-43,45H,3-12,33H2,1-2H3,(H,34,44). The Labute approximate surface area is 312 Å². The summed E-state index contributed by atoms with van der Waals surface area (Å²) in [6, 6.07) is -1.74. The lowest BCUT2D eigenvalue weighted by molar-refractivity contribution is -0.254. The van der Waals surface area contributed by atoms with Gasteiger partial charge in [-0.2, -0.15) is 0 Å². The molecule has 14 unspecified atom stereocenters. The minimum absolute atomic E-state index is 0.222. The number of nitrogens with zero attached hydrogens (tertiary/aromatic N) is 2. The Morgan fingerprint density at radius 3 is 1.87 bits per heavy atom. The van der Waals surface area contributed by atoms with Crippen LogP contribution in [-0.4, -0.2) is 177 Å². The Morgan fingerprint density at radius 2 is 1.41 bits per heavy atom. The monoisotopic (exact) mass is 998 g/mol. The summed E-state index contributed by atoms with van der Waals surface area (Å²) in [6.45, 7) is 0.937. The fourth-order valence-corrected chi connectivity index (χ4v) is 14.6. The third kappa shape index (κ3) is 10.4. The Hall–Kier alpha value is 1.18. The van der Waals surface area contributed by atoms with Gasteiger partial charge in [0.2, 0.25) is 5.91 Å². The molecule has 3 aliphatic rings. The lowest BCUT2D eigenvalue weighted by atomic mass is 9.64. The average molecular weight is 998 g/mol. The molecule has 3 rings (SSSR count). The summed E-state index contributed by atoms with van der Waals surface area (Å²) >= 11 is 7.68. The summed E-state index contributed by atoms with van der Waals surface area (Å²) in [7, 11) is 3.90. The molecule has 2 aliphatic carbocycles. The van der Waals surface area contributed by atoms with E-state index in [1.165, 1.54) is 0 Å². The first-order chi connectivity index (χ1) is 21.6. The number of carbonyl (C=O) groups excluding carboxylic acids is 1. The second kappa shape index (κ2) is 19.1. The van der Waals surface area contributed by atoms with Gasteiger partial charge in [-0.3, -0.25) is 4.79 Å². The third-order valence-corrected chi connectivity index (χ3v) is 15.3. The van der Waals surface area contributed by atoms with Gasteiger partial charge in [-0.05, 0) is 57.0 Å². The van der Waals surface area contributed by atoms with Crippen molar-refractivity contribution in [1.29, 1.82) is 0 Å². The molecular formula is C29H53I3N4O10. The van der Waals surface area contributed by atoms with Crippen LogP contribution in [0.2, 0.25) is 0 Å². The van der Waals surface area contributed by atoms with E-state index >= 15 is 0 Å². The van der Waals surface area contributed by atoms with E-state index in [4.69, 9.17) is 10.5 Å². The van der Waals surface area contributed by atoms with Gasteiger partial charge in [0.1, 0.15) is 24.4 Å². The molecule has 0 bridgehead atoms. The fourth-order valence-electron chi connectivity index (χ4n) is 7.48. The number of hydrogen-bond donors (Lipinski definition) is 10. The summed E-state index contributed by atoms with van der Waals surface area (Å²) in [5.41, 5.74) is 6.69. The maximum absolute atomic E-state index is 13.4. The summed E-state index contributed by atoms with van der Waals surface area (Å²) in [4.78, 5) is 17.5. The van der Waals surface area contributed by atoms with Crippen molar-refractivity contribution in [2.75, 3.05) is 60.1 Å². The van der Waals surface area contributed by atoms with Crippen LogP contribution in [0.25, 0.3) is 0 Å². The van der Waals surface area contributed by atoms with Gasteiger partial charge in [0.15, 0.2) is 6.29 Å². The first-order valence-corrected chi connectivity index (χ1v) is 19.6. The number of rotatable bonds is 14. The number of carbonyl (C=O) groups is 1. The maximum Gasteiger partial charge on any atom is 0.225 e. The van der Waals surface area contributed by atoms with E-state index in [0.29, 0.717) is 25.9 Å². The number of aliphatic hydroxyl groups excluding tert-OH is 8. The van der Waals surface area contributed by atoms with Crippen LogP contribution in [0.15, 0.2) is 0 Å². The van der Waals surface area contributed by atoms with Crippen LogP contribution < -0.4 is 11.1 Å². The van der Waals surface area contributed by atoms with Crippen molar-refractivity contribution in [2.45, 2.75) is 79.9 Å². The smallest absolute Gasteiger partial charge is 0.225 e. The lowest BCUT2D eigenvalue weighted by Gasteiger charge is -2.52. The Bertz CT molecular complexity index is 918. The molecule has 46 heavy (non-hydrogen) atoms. The van der Waals surface area contributed by atoms with Gasteiger partial charge in [-0.1, -0.05) is 67.8 Å². The molecule has 14 nitrogen and oxygen atoms in total. The molecule has 2 saturated carbocycles. The predicted molar refractivity (Wildman–Crippen MR) is 196 cm³/mol. The van der Waals surface area contributed by atoms with Crippen LogP contribution in [0.5, 0.6) is 0 Å². The van der Waals surface area contributed by atoms with Crippen molar-refractivity contribution >= 4 is 73.7 Å². The molecule has 0 radical (unpaired) electrons. The van der Waals surface area contributed by atoms with Gasteiger partial charge in [0.05, 0.1) is 37.9 Å². The van der Waals surface area contributed by atoms with Crippen LogP contribution in [-0.2, 0) is 9.53 Å². The number of ether oxygens (including phenoxy) is 1. The van der Waals surface area contributed by atoms with E-state index in [0.717, 1.165) is 19.5 Å². The highest BCUT2D eigenvalue weighted by molar-refractivity contribution is 14.1. The summed E-state index contributed by atoms with van der Waals surface area (Å²) in [6.07, 6.45) is -5.56. The molecule has 3 fully saturated rings. The summed E-state index contributed by atoms with van der Waals surface area (Å²) in [5, 5.41) is 82.0. The number of aliphatic hydroxyl groups is 8.